The van der Waals surface area contributed by atoms with Crippen molar-refractivity contribution in [3.05, 3.63) is 47.3 Å². The Morgan fingerprint density at radius 3 is 2.37 bits per heavy atom. The number of aromatic nitrogens is 2. The first-order valence-corrected chi connectivity index (χ1v) is 9.50. The maximum Gasteiger partial charge on any atom is 0.342 e. The van der Waals surface area contributed by atoms with E-state index in [1.807, 2.05) is 56.0 Å². The summed E-state index contributed by atoms with van der Waals surface area (Å²) in [6, 6.07) is 9.99. The van der Waals surface area contributed by atoms with Crippen LogP contribution in [0, 0.1) is 13.8 Å². The molecule has 6 nitrogen and oxygen atoms in total. The van der Waals surface area contributed by atoms with Crippen LogP contribution in [-0.4, -0.2) is 45.2 Å². The number of para-hydroxylation sites is 1. The van der Waals surface area contributed by atoms with E-state index in [0.29, 0.717) is 17.0 Å². The highest BCUT2D eigenvalue weighted by atomic mass is 16.5. The molecule has 3 rings (SSSR count). The quantitative estimate of drug-likeness (QED) is 0.775. The molecule has 0 spiro atoms. The van der Waals surface area contributed by atoms with Gasteiger partial charge in [-0.3, -0.25) is 4.79 Å². The number of amides is 1. The molecule has 27 heavy (non-hydrogen) atoms. The fourth-order valence-corrected chi connectivity index (χ4v) is 3.95. The van der Waals surface area contributed by atoms with Gasteiger partial charge in [-0.2, -0.15) is 5.10 Å². The summed E-state index contributed by atoms with van der Waals surface area (Å²) in [6.07, 6.45) is 3.11. The van der Waals surface area contributed by atoms with E-state index in [1.54, 1.807) is 11.6 Å². The van der Waals surface area contributed by atoms with Crippen LogP contribution in [0.3, 0.4) is 0 Å². The molecule has 1 amide bonds. The van der Waals surface area contributed by atoms with Gasteiger partial charge in [0.05, 0.1) is 17.1 Å². The van der Waals surface area contributed by atoms with Crippen LogP contribution in [0.15, 0.2) is 30.3 Å². The topological polar surface area (TPSA) is 64.4 Å². The largest absolute Gasteiger partial charge is 0.452 e. The maximum absolute atomic E-state index is 12.6. The number of hydrogen-bond acceptors (Lipinski definition) is 4. The van der Waals surface area contributed by atoms with Crippen molar-refractivity contribution in [2.45, 2.75) is 59.0 Å². The molecular formula is C21H27N3O3. The van der Waals surface area contributed by atoms with E-state index in [2.05, 4.69) is 5.10 Å². The van der Waals surface area contributed by atoms with Crippen LogP contribution in [0.4, 0.5) is 0 Å². The standard InChI is InChI=1S/C21H27N3O3/c1-14-9-8-10-15(2)23(14)19(25)13-27-21(26)20-16(3)22-24(17(20)4)18-11-6-5-7-12-18/h5-7,11-12,14-15H,8-10,13H2,1-4H3. The molecule has 0 bridgehead atoms. The number of nitrogens with zero attached hydrogens (tertiary/aromatic N) is 3. The van der Waals surface area contributed by atoms with Crippen LogP contribution in [0.5, 0.6) is 0 Å². The molecule has 2 aromatic rings. The number of rotatable bonds is 4. The van der Waals surface area contributed by atoms with Crippen molar-refractivity contribution in [1.29, 1.82) is 0 Å². The Morgan fingerprint density at radius 2 is 1.74 bits per heavy atom. The molecule has 1 fully saturated rings. The Bertz CT molecular complexity index is 819. The lowest BCUT2D eigenvalue weighted by Crippen LogP contribution is -2.49. The molecular weight excluding hydrogens is 342 g/mol. The maximum atomic E-state index is 12.6. The smallest absolute Gasteiger partial charge is 0.342 e. The number of carbonyl (C=O) groups excluding carboxylic acids is 2. The zero-order valence-corrected chi connectivity index (χ0v) is 16.4. The van der Waals surface area contributed by atoms with Gasteiger partial charge in [0.1, 0.15) is 5.56 Å². The minimum atomic E-state index is -0.502. The fourth-order valence-electron chi connectivity index (χ4n) is 3.95. The molecule has 2 heterocycles. The lowest BCUT2D eigenvalue weighted by atomic mass is 9.97. The summed E-state index contributed by atoms with van der Waals surface area (Å²) in [5.74, 6) is -0.633. The number of carbonyl (C=O) groups is 2. The number of aryl methyl sites for hydroxylation is 1. The molecule has 1 saturated heterocycles. The molecule has 1 aromatic heterocycles. The lowest BCUT2D eigenvalue weighted by molar-refractivity contribution is -0.140. The zero-order valence-electron chi connectivity index (χ0n) is 16.4. The minimum Gasteiger partial charge on any atom is -0.452 e. The van der Waals surface area contributed by atoms with E-state index in [1.165, 1.54) is 0 Å². The van der Waals surface area contributed by atoms with E-state index in [0.717, 1.165) is 24.9 Å². The Balaban J connectivity index is 1.72. The van der Waals surface area contributed by atoms with E-state index in [4.69, 9.17) is 4.74 Å². The number of benzene rings is 1. The van der Waals surface area contributed by atoms with Crippen molar-refractivity contribution >= 4 is 11.9 Å². The second-order valence-electron chi connectivity index (χ2n) is 7.30. The molecule has 0 radical (unpaired) electrons. The van der Waals surface area contributed by atoms with Crippen molar-refractivity contribution < 1.29 is 14.3 Å². The van der Waals surface area contributed by atoms with Crippen LogP contribution >= 0.6 is 0 Å². The van der Waals surface area contributed by atoms with Gasteiger partial charge in [0.15, 0.2) is 6.61 Å². The van der Waals surface area contributed by atoms with Gasteiger partial charge in [0.2, 0.25) is 0 Å². The van der Waals surface area contributed by atoms with Gasteiger partial charge in [0, 0.05) is 12.1 Å². The van der Waals surface area contributed by atoms with Crippen molar-refractivity contribution in [3.63, 3.8) is 0 Å². The predicted molar refractivity (Wildman–Crippen MR) is 103 cm³/mol. The molecule has 0 saturated carbocycles. The lowest BCUT2D eigenvalue weighted by Gasteiger charge is -2.38. The van der Waals surface area contributed by atoms with Gasteiger partial charge in [-0.15, -0.1) is 0 Å². The Morgan fingerprint density at radius 1 is 1.11 bits per heavy atom. The summed E-state index contributed by atoms with van der Waals surface area (Å²) in [6.45, 7) is 7.48. The highest BCUT2D eigenvalue weighted by molar-refractivity contribution is 5.93. The molecule has 1 aliphatic rings. The molecule has 2 unspecified atom stereocenters. The number of ether oxygens (including phenoxy) is 1. The predicted octanol–water partition coefficient (Wildman–Crippen LogP) is 3.44. The zero-order chi connectivity index (χ0) is 19.6. The molecule has 2 atom stereocenters. The third kappa shape index (κ3) is 3.89. The summed E-state index contributed by atoms with van der Waals surface area (Å²) in [5.41, 5.74) is 2.60. The van der Waals surface area contributed by atoms with E-state index < -0.39 is 5.97 Å². The van der Waals surface area contributed by atoms with Gasteiger partial charge < -0.3 is 9.64 Å². The van der Waals surface area contributed by atoms with Crippen molar-refractivity contribution in [1.82, 2.24) is 14.7 Å². The average molecular weight is 369 g/mol. The Hall–Kier alpha value is -2.63. The third-order valence-electron chi connectivity index (χ3n) is 5.30. The average Bonchev–Trinajstić information content (AvgIpc) is 2.94. The Labute approximate surface area is 160 Å². The summed E-state index contributed by atoms with van der Waals surface area (Å²) in [7, 11) is 0. The monoisotopic (exact) mass is 369 g/mol. The fraction of sp³-hybridized carbons (Fsp3) is 0.476. The van der Waals surface area contributed by atoms with Gasteiger partial charge in [-0.1, -0.05) is 18.2 Å². The first kappa shape index (κ1) is 19.1. The molecule has 0 N–H and O–H groups in total. The second kappa shape index (κ2) is 7.94. The molecule has 144 valence electrons. The van der Waals surface area contributed by atoms with Crippen LogP contribution in [0.2, 0.25) is 0 Å². The van der Waals surface area contributed by atoms with Crippen LogP contribution in [0.25, 0.3) is 5.69 Å². The highest BCUT2D eigenvalue weighted by Crippen LogP contribution is 2.23. The molecule has 1 aliphatic heterocycles. The summed E-state index contributed by atoms with van der Waals surface area (Å²) >= 11 is 0. The summed E-state index contributed by atoms with van der Waals surface area (Å²) < 4.78 is 7.09. The summed E-state index contributed by atoms with van der Waals surface area (Å²) in [4.78, 5) is 27.1. The van der Waals surface area contributed by atoms with Crippen molar-refractivity contribution in [2.75, 3.05) is 6.61 Å². The van der Waals surface area contributed by atoms with Gasteiger partial charge in [-0.25, -0.2) is 9.48 Å². The number of esters is 1. The first-order chi connectivity index (χ1) is 12.9. The van der Waals surface area contributed by atoms with Crippen molar-refractivity contribution in [3.8, 4) is 5.69 Å². The SMILES string of the molecule is Cc1nn(-c2ccccc2)c(C)c1C(=O)OCC(=O)N1C(C)CCCC1C. The molecule has 6 heteroatoms. The first-order valence-electron chi connectivity index (χ1n) is 9.50. The van der Waals surface area contributed by atoms with E-state index >= 15 is 0 Å². The van der Waals surface area contributed by atoms with Crippen LogP contribution in [0.1, 0.15) is 54.9 Å². The number of hydrogen-bond donors (Lipinski definition) is 0. The second-order valence-corrected chi connectivity index (χ2v) is 7.30. The van der Waals surface area contributed by atoms with Gasteiger partial charge >= 0.3 is 5.97 Å². The van der Waals surface area contributed by atoms with Crippen LogP contribution in [-0.2, 0) is 9.53 Å². The number of piperidine rings is 1. The van der Waals surface area contributed by atoms with Gasteiger partial charge in [-0.05, 0) is 59.1 Å². The minimum absolute atomic E-state index is 0.131. The van der Waals surface area contributed by atoms with E-state index in [-0.39, 0.29) is 24.6 Å². The summed E-state index contributed by atoms with van der Waals surface area (Å²) in [5, 5.41) is 4.46. The molecule has 1 aromatic carbocycles. The molecule has 0 aliphatic carbocycles. The Kier molecular flexibility index (Phi) is 5.63. The van der Waals surface area contributed by atoms with Gasteiger partial charge in [0.25, 0.3) is 5.91 Å². The highest BCUT2D eigenvalue weighted by Gasteiger charge is 2.30. The normalized spacial score (nSPS) is 19.8. The van der Waals surface area contributed by atoms with E-state index in [9.17, 15) is 9.59 Å². The van der Waals surface area contributed by atoms with Crippen molar-refractivity contribution in [2.24, 2.45) is 0 Å². The van der Waals surface area contributed by atoms with Crippen LogP contribution < -0.4 is 0 Å². The third-order valence-corrected chi connectivity index (χ3v) is 5.30. The number of likely N-dealkylation sites (tertiary alicyclic amines) is 1.